The highest BCUT2D eigenvalue weighted by Gasteiger charge is 2.36. The van der Waals surface area contributed by atoms with E-state index >= 15 is 0 Å². The summed E-state index contributed by atoms with van der Waals surface area (Å²) in [5.74, 6) is 1.14. The fraction of sp³-hybridized carbons (Fsp3) is 0.500. The third kappa shape index (κ3) is 4.68. The SMILES string of the molecule is CCC1(C)Cc2cc(C(=O)NCC3C(=O)NC(C)CC3C)cc(-c3ccc(OC)nc3)c2O1. The number of piperidine rings is 1. The van der Waals surface area contributed by atoms with Crippen LogP contribution < -0.4 is 20.1 Å². The van der Waals surface area contributed by atoms with Crippen LogP contribution in [0.25, 0.3) is 11.1 Å². The molecule has 0 aliphatic carbocycles. The van der Waals surface area contributed by atoms with Gasteiger partial charge in [0.1, 0.15) is 11.4 Å². The minimum Gasteiger partial charge on any atom is -0.486 e. The van der Waals surface area contributed by atoms with E-state index in [-0.39, 0.29) is 35.3 Å². The monoisotopic (exact) mass is 451 g/mol. The molecule has 2 aliphatic rings. The smallest absolute Gasteiger partial charge is 0.251 e. The van der Waals surface area contributed by atoms with Gasteiger partial charge in [0.2, 0.25) is 11.8 Å². The minimum absolute atomic E-state index is 0.00705. The van der Waals surface area contributed by atoms with Crippen molar-refractivity contribution in [2.24, 2.45) is 11.8 Å². The Bertz CT molecular complexity index is 1050. The Morgan fingerprint density at radius 3 is 2.76 bits per heavy atom. The van der Waals surface area contributed by atoms with Gasteiger partial charge in [0.25, 0.3) is 5.91 Å². The number of nitrogens with one attached hydrogen (secondary N) is 2. The van der Waals surface area contributed by atoms with Gasteiger partial charge < -0.3 is 20.1 Å². The summed E-state index contributed by atoms with van der Waals surface area (Å²) >= 11 is 0. The van der Waals surface area contributed by atoms with Gasteiger partial charge in [-0.25, -0.2) is 4.98 Å². The molecule has 3 heterocycles. The molecule has 2 aromatic rings. The van der Waals surface area contributed by atoms with Crippen molar-refractivity contribution >= 4 is 11.8 Å². The molecule has 1 fully saturated rings. The fourth-order valence-corrected chi connectivity index (χ4v) is 4.82. The van der Waals surface area contributed by atoms with Gasteiger partial charge in [0, 0.05) is 48.0 Å². The third-order valence-electron chi connectivity index (χ3n) is 6.97. The van der Waals surface area contributed by atoms with Crippen molar-refractivity contribution in [3.63, 3.8) is 0 Å². The summed E-state index contributed by atoms with van der Waals surface area (Å²) in [5, 5.41) is 5.98. The molecule has 0 saturated carbocycles. The first-order valence-corrected chi connectivity index (χ1v) is 11.7. The molecule has 4 rings (SSSR count). The van der Waals surface area contributed by atoms with E-state index in [1.54, 1.807) is 19.4 Å². The molecule has 0 bridgehead atoms. The Labute approximate surface area is 195 Å². The van der Waals surface area contributed by atoms with Crippen molar-refractivity contribution in [2.45, 2.75) is 58.6 Å². The molecular weight excluding hydrogens is 418 g/mol. The van der Waals surface area contributed by atoms with Crippen molar-refractivity contribution in [1.29, 1.82) is 0 Å². The molecule has 4 atom stereocenters. The summed E-state index contributed by atoms with van der Waals surface area (Å²) in [7, 11) is 1.58. The van der Waals surface area contributed by atoms with Crippen LogP contribution in [0.3, 0.4) is 0 Å². The molecule has 176 valence electrons. The standard InChI is InChI=1S/C26H33N3O4/c1-6-26(4)12-19-10-18(24(30)28-14-21-15(2)9-16(3)29-25(21)31)11-20(23(19)33-26)17-7-8-22(32-5)27-13-17/h7-8,10-11,13,15-16,21H,6,9,12,14H2,1-5H3,(H,28,30)(H,29,31). The highest BCUT2D eigenvalue weighted by molar-refractivity contribution is 5.97. The van der Waals surface area contributed by atoms with Crippen molar-refractivity contribution in [2.75, 3.05) is 13.7 Å². The molecule has 4 unspecified atom stereocenters. The molecule has 1 saturated heterocycles. The van der Waals surface area contributed by atoms with Gasteiger partial charge in [-0.2, -0.15) is 0 Å². The van der Waals surface area contributed by atoms with E-state index in [9.17, 15) is 9.59 Å². The van der Waals surface area contributed by atoms with Crippen LogP contribution in [0.4, 0.5) is 0 Å². The Kier molecular flexibility index (Phi) is 6.32. The molecular formula is C26H33N3O4. The van der Waals surface area contributed by atoms with E-state index in [0.717, 1.165) is 41.7 Å². The maximum absolute atomic E-state index is 13.2. The van der Waals surface area contributed by atoms with E-state index in [1.807, 2.05) is 25.1 Å². The second kappa shape index (κ2) is 9.04. The zero-order valence-electron chi connectivity index (χ0n) is 20.0. The predicted octanol–water partition coefficient (Wildman–Crippen LogP) is 3.75. The van der Waals surface area contributed by atoms with Gasteiger partial charge in [-0.1, -0.05) is 13.8 Å². The number of aromatic nitrogens is 1. The molecule has 2 N–H and O–H groups in total. The summed E-state index contributed by atoms with van der Waals surface area (Å²) in [5.41, 5.74) is 2.95. The summed E-state index contributed by atoms with van der Waals surface area (Å²) in [6.07, 6.45) is 4.23. The van der Waals surface area contributed by atoms with Gasteiger partial charge in [0.05, 0.1) is 13.0 Å². The van der Waals surface area contributed by atoms with E-state index in [0.29, 0.717) is 18.0 Å². The number of ether oxygens (including phenoxy) is 2. The molecule has 7 nitrogen and oxygen atoms in total. The van der Waals surface area contributed by atoms with Crippen molar-refractivity contribution < 1.29 is 19.1 Å². The number of rotatable bonds is 6. The van der Waals surface area contributed by atoms with E-state index in [2.05, 4.69) is 36.4 Å². The largest absolute Gasteiger partial charge is 0.486 e. The summed E-state index contributed by atoms with van der Waals surface area (Å²) in [4.78, 5) is 29.9. The summed E-state index contributed by atoms with van der Waals surface area (Å²) < 4.78 is 11.6. The van der Waals surface area contributed by atoms with Crippen LogP contribution in [0.2, 0.25) is 0 Å². The van der Waals surface area contributed by atoms with Gasteiger partial charge in [-0.15, -0.1) is 0 Å². The maximum Gasteiger partial charge on any atom is 0.251 e. The normalized spacial score (nSPS) is 26.2. The van der Waals surface area contributed by atoms with Crippen LogP contribution in [0.1, 0.15) is 56.5 Å². The maximum atomic E-state index is 13.2. The third-order valence-corrected chi connectivity index (χ3v) is 6.97. The van der Waals surface area contributed by atoms with E-state index in [1.165, 1.54) is 0 Å². The zero-order chi connectivity index (χ0) is 23.8. The fourth-order valence-electron chi connectivity index (χ4n) is 4.82. The second-order valence-electron chi connectivity index (χ2n) is 9.62. The number of amides is 2. The lowest BCUT2D eigenvalue weighted by Crippen LogP contribution is -2.50. The topological polar surface area (TPSA) is 89.6 Å². The Hall–Kier alpha value is -3.09. The second-order valence-corrected chi connectivity index (χ2v) is 9.62. The minimum atomic E-state index is -0.307. The first-order chi connectivity index (χ1) is 15.7. The number of methoxy groups -OCH3 is 1. The molecule has 33 heavy (non-hydrogen) atoms. The number of pyridine rings is 1. The van der Waals surface area contributed by atoms with E-state index in [4.69, 9.17) is 9.47 Å². The first-order valence-electron chi connectivity index (χ1n) is 11.7. The van der Waals surface area contributed by atoms with Crippen molar-refractivity contribution in [3.05, 3.63) is 41.6 Å². The molecule has 1 aromatic heterocycles. The lowest BCUT2D eigenvalue weighted by Gasteiger charge is -2.32. The van der Waals surface area contributed by atoms with Gasteiger partial charge in [-0.3, -0.25) is 9.59 Å². The quantitative estimate of drug-likeness (QED) is 0.698. The zero-order valence-corrected chi connectivity index (χ0v) is 20.0. The lowest BCUT2D eigenvalue weighted by atomic mass is 9.84. The number of fused-ring (bicyclic) bond motifs is 1. The lowest BCUT2D eigenvalue weighted by molar-refractivity contribution is -0.129. The highest BCUT2D eigenvalue weighted by atomic mass is 16.5. The Morgan fingerprint density at radius 2 is 2.12 bits per heavy atom. The van der Waals surface area contributed by atoms with Crippen molar-refractivity contribution in [3.8, 4) is 22.8 Å². The van der Waals surface area contributed by atoms with Crippen LogP contribution in [0, 0.1) is 11.8 Å². The Balaban J connectivity index is 1.61. The van der Waals surface area contributed by atoms with Gasteiger partial charge in [0.15, 0.2) is 0 Å². The number of carbonyl (C=O) groups excluding carboxylic acids is 2. The Morgan fingerprint density at radius 1 is 1.33 bits per heavy atom. The summed E-state index contributed by atoms with van der Waals surface area (Å²) in [6.45, 7) is 8.59. The molecule has 2 amide bonds. The van der Waals surface area contributed by atoms with Crippen LogP contribution in [-0.2, 0) is 11.2 Å². The number of benzene rings is 1. The molecule has 1 aromatic carbocycles. The van der Waals surface area contributed by atoms with Gasteiger partial charge >= 0.3 is 0 Å². The number of nitrogens with zero attached hydrogens (tertiary/aromatic N) is 1. The van der Waals surface area contributed by atoms with Crippen LogP contribution in [0.15, 0.2) is 30.5 Å². The van der Waals surface area contributed by atoms with Crippen molar-refractivity contribution in [1.82, 2.24) is 15.6 Å². The number of hydrogen-bond donors (Lipinski definition) is 2. The van der Waals surface area contributed by atoms with E-state index < -0.39 is 0 Å². The molecule has 7 heteroatoms. The molecule has 2 aliphatic heterocycles. The van der Waals surface area contributed by atoms with Crippen LogP contribution >= 0.6 is 0 Å². The number of carbonyl (C=O) groups is 2. The first kappa shape index (κ1) is 23.1. The van der Waals surface area contributed by atoms with Crippen LogP contribution in [0.5, 0.6) is 11.6 Å². The summed E-state index contributed by atoms with van der Waals surface area (Å²) in [6, 6.07) is 7.66. The molecule has 0 spiro atoms. The molecule has 0 radical (unpaired) electrons. The number of hydrogen-bond acceptors (Lipinski definition) is 5. The highest BCUT2D eigenvalue weighted by Crippen LogP contribution is 2.44. The average Bonchev–Trinajstić information content (AvgIpc) is 3.14. The van der Waals surface area contributed by atoms with Crippen LogP contribution in [-0.4, -0.2) is 42.1 Å². The predicted molar refractivity (Wildman–Crippen MR) is 126 cm³/mol. The van der Waals surface area contributed by atoms with Gasteiger partial charge in [-0.05, 0) is 56.4 Å². The average molecular weight is 452 g/mol.